The summed E-state index contributed by atoms with van der Waals surface area (Å²) in [6, 6.07) is 0. The van der Waals surface area contributed by atoms with Crippen molar-refractivity contribution in [3.05, 3.63) is 0 Å². The van der Waals surface area contributed by atoms with Gasteiger partial charge in [0.1, 0.15) is 6.10 Å². The van der Waals surface area contributed by atoms with Crippen molar-refractivity contribution in [3.63, 3.8) is 0 Å². The summed E-state index contributed by atoms with van der Waals surface area (Å²) in [7, 11) is 0. The molecule has 2 fully saturated rings. The van der Waals surface area contributed by atoms with Gasteiger partial charge in [-0.05, 0) is 25.8 Å². The molecule has 4 heteroatoms. The van der Waals surface area contributed by atoms with Crippen molar-refractivity contribution < 1.29 is 14.2 Å². The van der Waals surface area contributed by atoms with Crippen LogP contribution in [0, 0.1) is 0 Å². The second-order valence-corrected chi connectivity index (χ2v) is 4.65. The standard InChI is InChI=1S/C12H23NO3/c1-2-5-13-6-10-3-4-11(16-10)9-15-12-7-14-8-12/h10-13H,2-9H2,1H3. The van der Waals surface area contributed by atoms with Crippen LogP contribution in [0.1, 0.15) is 26.2 Å². The molecule has 1 N–H and O–H groups in total. The Morgan fingerprint density at radius 3 is 2.75 bits per heavy atom. The van der Waals surface area contributed by atoms with Crippen molar-refractivity contribution in [1.82, 2.24) is 5.32 Å². The van der Waals surface area contributed by atoms with Crippen molar-refractivity contribution in [2.75, 3.05) is 32.9 Å². The predicted molar refractivity (Wildman–Crippen MR) is 61.6 cm³/mol. The third kappa shape index (κ3) is 3.70. The topological polar surface area (TPSA) is 39.7 Å². The van der Waals surface area contributed by atoms with E-state index in [4.69, 9.17) is 14.2 Å². The first-order valence-electron chi connectivity index (χ1n) is 6.44. The van der Waals surface area contributed by atoms with E-state index in [1.807, 2.05) is 0 Å². The fourth-order valence-corrected chi connectivity index (χ4v) is 2.05. The summed E-state index contributed by atoms with van der Waals surface area (Å²) < 4.78 is 16.6. The van der Waals surface area contributed by atoms with E-state index in [0.717, 1.165) is 45.8 Å². The molecule has 0 amide bonds. The van der Waals surface area contributed by atoms with Gasteiger partial charge < -0.3 is 19.5 Å². The number of hydrogen-bond acceptors (Lipinski definition) is 4. The maximum atomic E-state index is 5.90. The lowest BCUT2D eigenvalue weighted by Crippen LogP contribution is -2.38. The van der Waals surface area contributed by atoms with Crippen LogP contribution in [-0.4, -0.2) is 51.2 Å². The van der Waals surface area contributed by atoms with Gasteiger partial charge in [0.05, 0.1) is 32.0 Å². The predicted octanol–water partition coefficient (Wildman–Crippen LogP) is 0.949. The monoisotopic (exact) mass is 229 g/mol. The van der Waals surface area contributed by atoms with E-state index < -0.39 is 0 Å². The van der Waals surface area contributed by atoms with Gasteiger partial charge in [0.2, 0.25) is 0 Å². The van der Waals surface area contributed by atoms with E-state index in [9.17, 15) is 0 Å². The molecule has 0 radical (unpaired) electrons. The Hall–Kier alpha value is -0.160. The molecule has 2 aliphatic heterocycles. The average Bonchev–Trinajstić information content (AvgIpc) is 2.64. The van der Waals surface area contributed by atoms with Gasteiger partial charge in [-0.2, -0.15) is 0 Å². The molecule has 0 aromatic carbocycles. The molecule has 0 aromatic heterocycles. The Kier molecular flexibility index (Phi) is 5.03. The SMILES string of the molecule is CCCNCC1CCC(COC2COC2)O1. The molecule has 2 unspecified atom stereocenters. The first-order valence-corrected chi connectivity index (χ1v) is 6.44. The largest absolute Gasteiger partial charge is 0.376 e. The maximum absolute atomic E-state index is 5.90. The number of ether oxygens (including phenoxy) is 3. The van der Waals surface area contributed by atoms with Crippen LogP contribution < -0.4 is 5.32 Å². The number of rotatable bonds is 7. The van der Waals surface area contributed by atoms with Crippen LogP contribution in [-0.2, 0) is 14.2 Å². The van der Waals surface area contributed by atoms with Gasteiger partial charge in [0, 0.05) is 6.54 Å². The van der Waals surface area contributed by atoms with Crippen molar-refractivity contribution >= 4 is 0 Å². The minimum absolute atomic E-state index is 0.300. The van der Waals surface area contributed by atoms with E-state index in [-0.39, 0.29) is 0 Å². The fourth-order valence-electron chi connectivity index (χ4n) is 2.05. The zero-order valence-corrected chi connectivity index (χ0v) is 10.1. The first kappa shape index (κ1) is 12.3. The summed E-state index contributed by atoms with van der Waals surface area (Å²) in [6.07, 6.45) is 4.48. The summed E-state index contributed by atoms with van der Waals surface area (Å²) >= 11 is 0. The van der Waals surface area contributed by atoms with E-state index >= 15 is 0 Å². The van der Waals surface area contributed by atoms with E-state index in [1.165, 1.54) is 6.42 Å². The molecule has 0 aliphatic carbocycles. The molecule has 0 saturated carbocycles. The zero-order valence-electron chi connectivity index (χ0n) is 10.1. The molecular weight excluding hydrogens is 206 g/mol. The van der Waals surface area contributed by atoms with Gasteiger partial charge in [-0.25, -0.2) is 0 Å². The molecule has 0 bridgehead atoms. The van der Waals surface area contributed by atoms with Gasteiger partial charge >= 0.3 is 0 Å². The third-order valence-electron chi connectivity index (χ3n) is 3.12. The van der Waals surface area contributed by atoms with E-state index in [2.05, 4.69) is 12.2 Å². The lowest BCUT2D eigenvalue weighted by atomic mass is 10.2. The van der Waals surface area contributed by atoms with Crippen molar-refractivity contribution in [2.45, 2.75) is 44.5 Å². The summed E-state index contributed by atoms with van der Waals surface area (Å²) in [6.45, 7) is 6.50. The summed E-state index contributed by atoms with van der Waals surface area (Å²) in [5, 5.41) is 3.40. The van der Waals surface area contributed by atoms with Gasteiger partial charge in [-0.15, -0.1) is 0 Å². The van der Waals surface area contributed by atoms with Crippen LogP contribution >= 0.6 is 0 Å². The highest BCUT2D eigenvalue weighted by atomic mass is 16.6. The first-order chi connectivity index (χ1) is 7.88. The Bertz CT molecular complexity index is 197. The molecule has 2 saturated heterocycles. The molecule has 2 rings (SSSR count). The molecule has 16 heavy (non-hydrogen) atoms. The Balaban J connectivity index is 1.52. The molecule has 94 valence electrons. The smallest absolute Gasteiger partial charge is 0.104 e. The van der Waals surface area contributed by atoms with Gasteiger partial charge in [-0.1, -0.05) is 6.92 Å². The zero-order chi connectivity index (χ0) is 11.2. The lowest BCUT2D eigenvalue weighted by molar-refractivity contribution is -0.147. The summed E-state index contributed by atoms with van der Waals surface area (Å²) in [5.41, 5.74) is 0. The fraction of sp³-hybridized carbons (Fsp3) is 1.00. The van der Waals surface area contributed by atoms with Crippen LogP contribution in [0.15, 0.2) is 0 Å². The Morgan fingerprint density at radius 2 is 2.06 bits per heavy atom. The number of hydrogen-bond donors (Lipinski definition) is 1. The van der Waals surface area contributed by atoms with Gasteiger partial charge in [0.25, 0.3) is 0 Å². The highest BCUT2D eigenvalue weighted by molar-refractivity contribution is 4.76. The minimum Gasteiger partial charge on any atom is -0.376 e. The molecular formula is C12H23NO3. The van der Waals surface area contributed by atoms with Crippen LogP contribution in [0.5, 0.6) is 0 Å². The van der Waals surface area contributed by atoms with Gasteiger partial charge in [0.15, 0.2) is 0 Å². The molecule has 2 atom stereocenters. The highest BCUT2D eigenvalue weighted by Gasteiger charge is 2.27. The number of nitrogens with one attached hydrogen (secondary N) is 1. The van der Waals surface area contributed by atoms with Crippen LogP contribution in [0.3, 0.4) is 0 Å². The van der Waals surface area contributed by atoms with Crippen LogP contribution in [0.2, 0.25) is 0 Å². The van der Waals surface area contributed by atoms with Crippen LogP contribution in [0.4, 0.5) is 0 Å². The quantitative estimate of drug-likeness (QED) is 0.660. The molecule has 0 aromatic rings. The highest BCUT2D eigenvalue weighted by Crippen LogP contribution is 2.20. The molecule has 2 heterocycles. The lowest BCUT2D eigenvalue weighted by Gasteiger charge is -2.27. The van der Waals surface area contributed by atoms with Crippen molar-refractivity contribution in [1.29, 1.82) is 0 Å². The van der Waals surface area contributed by atoms with E-state index in [1.54, 1.807) is 0 Å². The molecule has 2 aliphatic rings. The van der Waals surface area contributed by atoms with Crippen molar-refractivity contribution in [3.8, 4) is 0 Å². The Labute approximate surface area is 97.6 Å². The maximum Gasteiger partial charge on any atom is 0.104 e. The molecule has 0 spiro atoms. The summed E-state index contributed by atoms with van der Waals surface area (Å²) in [4.78, 5) is 0. The van der Waals surface area contributed by atoms with Crippen molar-refractivity contribution in [2.24, 2.45) is 0 Å². The third-order valence-corrected chi connectivity index (χ3v) is 3.12. The second kappa shape index (κ2) is 6.55. The van der Waals surface area contributed by atoms with E-state index in [0.29, 0.717) is 18.3 Å². The van der Waals surface area contributed by atoms with Gasteiger partial charge in [-0.3, -0.25) is 0 Å². The Morgan fingerprint density at radius 1 is 1.25 bits per heavy atom. The second-order valence-electron chi connectivity index (χ2n) is 4.65. The minimum atomic E-state index is 0.300. The average molecular weight is 229 g/mol. The normalized spacial score (nSPS) is 30.6. The van der Waals surface area contributed by atoms with Crippen LogP contribution in [0.25, 0.3) is 0 Å². The molecule has 4 nitrogen and oxygen atoms in total. The summed E-state index contributed by atoms with van der Waals surface area (Å²) in [5.74, 6) is 0.